The molecule has 3 aromatic rings. The van der Waals surface area contributed by atoms with Crippen LogP contribution in [-0.2, 0) is 4.74 Å². The van der Waals surface area contributed by atoms with Crippen molar-refractivity contribution in [1.29, 1.82) is 0 Å². The Morgan fingerprint density at radius 3 is 2.63 bits per heavy atom. The number of nitrogens with one attached hydrogen (secondary N) is 1. The van der Waals surface area contributed by atoms with Crippen molar-refractivity contribution in [3.8, 4) is 28.8 Å². The lowest BCUT2D eigenvalue weighted by Gasteiger charge is -2.08. The lowest BCUT2D eigenvalue weighted by atomic mass is 10.1. The number of carbonyl (C=O) groups is 1. The summed E-state index contributed by atoms with van der Waals surface area (Å²) in [5.74, 6) is 2.14. The number of benzene rings is 2. The van der Waals surface area contributed by atoms with Crippen LogP contribution in [0.25, 0.3) is 11.4 Å². The van der Waals surface area contributed by atoms with Crippen molar-refractivity contribution >= 4 is 5.91 Å². The summed E-state index contributed by atoms with van der Waals surface area (Å²) in [4.78, 5) is 21.0. The molecule has 0 unspecified atom stereocenters. The normalized spacial score (nSPS) is 10.5. The number of aromatic nitrogens is 2. The Kier molecular flexibility index (Phi) is 7.74. The number of methoxy groups -OCH3 is 1. The number of hydrogen-bond donors (Lipinski definition) is 1. The van der Waals surface area contributed by atoms with Crippen LogP contribution in [0, 0.1) is 0 Å². The summed E-state index contributed by atoms with van der Waals surface area (Å²) in [6, 6.07) is 16.1. The van der Waals surface area contributed by atoms with Crippen molar-refractivity contribution in [1.82, 2.24) is 15.3 Å². The topological polar surface area (TPSA) is 82.6 Å². The third-order valence-corrected chi connectivity index (χ3v) is 4.25. The molecule has 156 valence electrons. The lowest BCUT2D eigenvalue weighted by molar-refractivity contribution is 0.0944. The summed E-state index contributed by atoms with van der Waals surface area (Å²) in [5, 5.41) is 2.88. The Labute approximate surface area is 176 Å². The first-order valence-electron chi connectivity index (χ1n) is 9.81. The fourth-order valence-corrected chi connectivity index (χ4v) is 2.72. The molecule has 0 aliphatic carbocycles. The van der Waals surface area contributed by atoms with Gasteiger partial charge in [-0.25, -0.2) is 4.98 Å². The van der Waals surface area contributed by atoms with Crippen LogP contribution in [-0.4, -0.2) is 42.7 Å². The van der Waals surface area contributed by atoms with Crippen molar-refractivity contribution in [3.05, 3.63) is 66.4 Å². The summed E-state index contributed by atoms with van der Waals surface area (Å²) in [6.45, 7) is 3.85. The second-order valence-corrected chi connectivity index (χ2v) is 6.38. The van der Waals surface area contributed by atoms with Crippen LogP contribution in [0.4, 0.5) is 0 Å². The zero-order valence-electron chi connectivity index (χ0n) is 17.1. The molecule has 3 rings (SSSR count). The molecule has 1 N–H and O–H groups in total. The van der Waals surface area contributed by atoms with Gasteiger partial charge in [0.15, 0.2) is 5.82 Å². The van der Waals surface area contributed by atoms with Crippen molar-refractivity contribution in [2.45, 2.75) is 13.3 Å². The van der Waals surface area contributed by atoms with Crippen molar-refractivity contribution in [3.63, 3.8) is 0 Å². The lowest BCUT2D eigenvalue weighted by Crippen LogP contribution is -2.25. The quantitative estimate of drug-likeness (QED) is 0.510. The predicted octanol–water partition coefficient (Wildman–Crippen LogP) is 4.10. The van der Waals surface area contributed by atoms with Gasteiger partial charge >= 0.3 is 0 Å². The van der Waals surface area contributed by atoms with Crippen LogP contribution in [0.2, 0.25) is 0 Å². The van der Waals surface area contributed by atoms with E-state index in [0.29, 0.717) is 48.5 Å². The van der Waals surface area contributed by atoms with Crippen LogP contribution >= 0.6 is 0 Å². The summed E-state index contributed by atoms with van der Waals surface area (Å²) in [5.41, 5.74) is 1.37. The SMILES string of the molecule is CCOCCCNC(=O)c1ccc(-c2nccc(Oc3cccc(OC)c3)n2)cc1. The standard InChI is InChI=1S/C23H25N3O4/c1-3-29-15-5-13-25-23(27)18-10-8-17(9-11-18)22-24-14-12-21(26-22)30-20-7-4-6-19(16-20)28-2/h4,6-12,14,16H,3,5,13,15H2,1-2H3,(H,25,27). The molecular weight excluding hydrogens is 382 g/mol. The molecule has 7 heteroatoms. The average molecular weight is 407 g/mol. The molecule has 0 aliphatic rings. The van der Waals surface area contributed by atoms with Gasteiger partial charge in [-0.05, 0) is 37.6 Å². The van der Waals surface area contributed by atoms with E-state index in [4.69, 9.17) is 14.2 Å². The van der Waals surface area contributed by atoms with Gasteiger partial charge < -0.3 is 19.5 Å². The zero-order valence-corrected chi connectivity index (χ0v) is 17.1. The fourth-order valence-electron chi connectivity index (χ4n) is 2.72. The summed E-state index contributed by atoms with van der Waals surface area (Å²) in [6.07, 6.45) is 2.42. The smallest absolute Gasteiger partial charge is 0.251 e. The van der Waals surface area contributed by atoms with Crippen LogP contribution in [0.3, 0.4) is 0 Å². The number of ether oxygens (including phenoxy) is 3. The van der Waals surface area contributed by atoms with E-state index in [2.05, 4.69) is 15.3 Å². The minimum atomic E-state index is -0.117. The molecule has 0 spiro atoms. The van der Waals surface area contributed by atoms with E-state index in [-0.39, 0.29) is 5.91 Å². The number of rotatable bonds is 10. The van der Waals surface area contributed by atoms with Gasteiger partial charge in [0.25, 0.3) is 5.91 Å². The van der Waals surface area contributed by atoms with Gasteiger partial charge in [-0.1, -0.05) is 18.2 Å². The van der Waals surface area contributed by atoms with Gasteiger partial charge in [-0.15, -0.1) is 0 Å². The predicted molar refractivity (Wildman–Crippen MR) is 114 cm³/mol. The molecule has 0 fully saturated rings. The van der Waals surface area contributed by atoms with E-state index >= 15 is 0 Å². The molecule has 0 bridgehead atoms. The Morgan fingerprint density at radius 1 is 1.07 bits per heavy atom. The van der Waals surface area contributed by atoms with E-state index in [9.17, 15) is 4.79 Å². The van der Waals surface area contributed by atoms with Crippen LogP contribution in [0.15, 0.2) is 60.8 Å². The second-order valence-electron chi connectivity index (χ2n) is 6.38. The molecule has 1 amide bonds. The van der Waals surface area contributed by atoms with Crippen LogP contribution in [0.5, 0.6) is 17.4 Å². The van der Waals surface area contributed by atoms with E-state index in [0.717, 1.165) is 12.0 Å². The first-order valence-corrected chi connectivity index (χ1v) is 9.81. The average Bonchev–Trinajstić information content (AvgIpc) is 2.79. The van der Waals surface area contributed by atoms with E-state index in [1.54, 1.807) is 37.6 Å². The molecule has 0 atom stereocenters. The summed E-state index contributed by atoms with van der Waals surface area (Å²) < 4.78 is 16.3. The van der Waals surface area contributed by atoms with Gasteiger partial charge in [0.1, 0.15) is 11.5 Å². The number of nitrogens with zero attached hydrogens (tertiary/aromatic N) is 2. The highest BCUT2D eigenvalue weighted by molar-refractivity contribution is 5.94. The number of carbonyl (C=O) groups excluding carboxylic acids is 1. The Balaban J connectivity index is 1.63. The molecule has 1 heterocycles. The molecule has 0 saturated carbocycles. The van der Waals surface area contributed by atoms with Crippen molar-refractivity contribution < 1.29 is 19.0 Å². The van der Waals surface area contributed by atoms with Crippen LogP contribution in [0.1, 0.15) is 23.7 Å². The molecule has 1 aromatic heterocycles. The first kappa shape index (κ1) is 21.3. The molecular formula is C23H25N3O4. The second kappa shape index (κ2) is 10.9. The van der Waals surface area contributed by atoms with Gasteiger partial charge in [0, 0.05) is 49.2 Å². The van der Waals surface area contributed by atoms with Crippen molar-refractivity contribution in [2.24, 2.45) is 0 Å². The van der Waals surface area contributed by atoms with E-state index in [1.807, 2.05) is 37.3 Å². The fraction of sp³-hybridized carbons (Fsp3) is 0.261. The highest BCUT2D eigenvalue weighted by Crippen LogP contribution is 2.25. The van der Waals surface area contributed by atoms with Gasteiger partial charge in [-0.2, -0.15) is 4.98 Å². The van der Waals surface area contributed by atoms with Crippen molar-refractivity contribution in [2.75, 3.05) is 26.9 Å². The monoisotopic (exact) mass is 407 g/mol. The minimum absolute atomic E-state index is 0.117. The molecule has 0 aliphatic heterocycles. The maximum Gasteiger partial charge on any atom is 0.251 e. The van der Waals surface area contributed by atoms with Gasteiger partial charge in [0.05, 0.1) is 7.11 Å². The van der Waals surface area contributed by atoms with Gasteiger partial charge in [-0.3, -0.25) is 4.79 Å². The first-order chi connectivity index (χ1) is 14.7. The van der Waals surface area contributed by atoms with E-state index < -0.39 is 0 Å². The maximum absolute atomic E-state index is 12.2. The maximum atomic E-state index is 12.2. The molecule has 2 aromatic carbocycles. The van der Waals surface area contributed by atoms with Crippen LogP contribution < -0.4 is 14.8 Å². The molecule has 7 nitrogen and oxygen atoms in total. The zero-order chi connectivity index (χ0) is 21.2. The number of amides is 1. The largest absolute Gasteiger partial charge is 0.497 e. The highest BCUT2D eigenvalue weighted by Gasteiger charge is 2.08. The molecule has 0 radical (unpaired) electrons. The Hall–Kier alpha value is -3.45. The minimum Gasteiger partial charge on any atom is -0.497 e. The third-order valence-electron chi connectivity index (χ3n) is 4.25. The highest BCUT2D eigenvalue weighted by atomic mass is 16.5. The Bertz CT molecular complexity index is 961. The molecule has 0 saturated heterocycles. The van der Waals surface area contributed by atoms with E-state index in [1.165, 1.54) is 0 Å². The van der Waals surface area contributed by atoms with Gasteiger partial charge in [0.2, 0.25) is 5.88 Å². The third kappa shape index (κ3) is 6.02. The molecule has 30 heavy (non-hydrogen) atoms. The summed E-state index contributed by atoms with van der Waals surface area (Å²) in [7, 11) is 1.60. The number of hydrogen-bond acceptors (Lipinski definition) is 6. The Morgan fingerprint density at radius 2 is 1.87 bits per heavy atom. The summed E-state index contributed by atoms with van der Waals surface area (Å²) >= 11 is 0.